The van der Waals surface area contributed by atoms with Crippen molar-refractivity contribution in [1.29, 1.82) is 0 Å². The van der Waals surface area contributed by atoms with Crippen LogP contribution < -0.4 is 5.32 Å². The van der Waals surface area contributed by atoms with Crippen LogP contribution in [0.2, 0.25) is 0 Å². The molecule has 0 aromatic heterocycles. The number of halogens is 4. The van der Waals surface area contributed by atoms with E-state index in [1.165, 1.54) is 24.3 Å². The molecule has 3 rings (SSSR count). The summed E-state index contributed by atoms with van der Waals surface area (Å²) >= 11 is 0. The van der Waals surface area contributed by atoms with Gasteiger partial charge in [0.25, 0.3) is 0 Å². The maximum atomic E-state index is 13.8. The van der Waals surface area contributed by atoms with Crippen LogP contribution in [0, 0.1) is 0 Å². The van der Waals surface area contributed by atoms with Gasteiger partial charge in [-0.15, -0.1) is 0 Å². The van der Waals surface area contributed by atoms with E-state index in [1.54, 1.807) is 36.4 Å². The van der Waals surface area contributed by atoms with Gasteiger partial charge >= 0.3 is 18.3 Å². The summed E-state index contributed by atoms with van der Waals surface area (Å²) in [6, 6.07) is 15.9. The Bertz CT molecular complexity index is 772. The SMILES string of the molecule is O=C(OC1CCNCC1)C(OCC(F)(F)C(F)F)(c1ccccc1)c1ccccc1. The molecular formula is C22H23F4NO3. The lowest BCUT2D eigenvalue weighted by Crippen LogP contribution is -2.47. The van der Waals surface area contributed by atoms with Crippen LogP contribution in [0.1, 0.15) is 24.0 Å². The minimum atomic E-state index is -4.43. The van der Waals surface area contributed by atoms with Gasteiger partial charge in [0.05, 0.1) is 0 Å². The van der Waals surface area contributed by atoms with Gasteiger partial charge < -0.3 is 14.8 Å². The lowest BCUT2D eigenvalue weighted by atomic mass is 9.85. The number of hydrogen-bond donors (Lipinski definition) is 1. The highest BCUT2D eigenvalue weighted by atomic mass is 19.3. The van der Waals surface area contributed by atoms with Crippen LogP contribution in [0.3, 0.4) is 0 Å². The standard InChI is InChI=1S/C22H23F4NO3/c23-19(24)21(25,26)15-29-22(16-7-3-1-4-8-16,17-9-5-2-6-10-17)20(28)30-18-11-13-27-14-12-18/h1-10,18-19,27H,11-15H2. The highest BCUT2D eigenvalue weighted by Crippen LogP contribution is 2.38. The monoisotopic (exact) mass is 425 g/mol. The molecule has 4 nitrogen and oxygen atoms in total. The smallest absolute Gasteiger partial charge is 0.348 e. The Morgan fingerprint density at radius 3 is 1.93 bits per heavy atom. The average Bonchev–Trinajstić information content (AvgIpc) is 2.76. The first-order chi connectivity index (χ1) is 14.4. The Balaban J connectivity index is 2.05. The van der Waals surface area contributed by atoms with Crippen LogP contribution in [0.4, 0.5) is 17.6 Å². The highest BCUT2D eigenvalue weighted by molar-refractivity contribution is 5.86. The lowest BCUT2D eigenvalue weighted by molar-refractivity contribution is -0.206. The second-order valence-corrected chi connectivity index (χ2v) is 7.12. The predicted octanol–water partition coefficient (Wildman–Crippen LogP) is 4.14. The minimum Gasteiger partial charge on any atom is -0.460 e. The number of esters is 1. The van der Waals surface area contributed by atoms with Crippen molar-refractivity contribution in [2.45, 2.75) is 36.9 Å². The Morgan fingerprint density at radius 2 is 1.47 bits per heavy atom. The van der Waals surface area contributed by atoms with Crippen molar-refractivity contribution in [3.63, 3.8) is 0 Å². The third-order valence-corrected chi connectivity index (χ3v) is 5.01. The predicted molar refractivity (Wildman–Crippen MR) is 103 cm³/mol. The van der Waals surface area contributed by atoms with Crippen molar-refractivity contribution < 1.29 is 31.8 Å². The van der Waals surface area contributed by atoms with E-state index in [-0.39, 0.29) is 11.1 Å². The molecular weight excluding hydrogens is 402 g/mol. The molecule has 0 unspecified atom stereocenters. The Hall–Kier alpha value is -2.45. The molecule has 1 aliphatic heterocycles. The zero-order valence-electron chi connectivity index (χ0n) is 16.2. The molecule has 0 amide bonds. The normalized spacial score (nSPS) is 15.9. The van der Waals surface area contributed by atoms with Crippen molar-refractivity contribution in [3.8, 4) is 0 Å². The molecule has 0 atom stereocenters. The first-order valence-electron chi connectivity index (χ1n) is 9.69. The lowest BCUT2D eigenvalue weighted by Gasteiger charge is -2.35. The molecule has 0 spiro atoms. The molecule has 0 radical (unpaired) electrons. The van der Waals surface area contributed by atoms with Gasteiger partial charge in [0.2, 0.25) is 5.60 Å². The number of piperidine rings is 1. The van der Waals surface area contributed by atoms with E-state index < -0.39 is 36.6 Å². The zero-order chi connectivity index (χ0) is 21.6. The van der Waals surface area contributed by atoms with E-state index >= 15 is 0 Å². The van der Waals surface area contributed by atoms with Gasteiger partial charge in [-0.3, -0.25) is 0 Å². The third-order valence-electron chi connectivity index (χ3n) is 5.01. The minimum absolute atomic E-state index is 0.222. The molecule has 0 aliphatic carbocycles. The summed E-state index contributed by atoms with van der Waals surface area (Å²) < 4.78 is 64.3. The van der Waals surface area contributed by atoms with Crippen molar-refractivity contribution in [2.75, 3.05) is 19.7 Å². The summed E-state index contributed by atoms with van der Waals surface area (Å²) in [5, 5.41) is 3.14. The van der Waals surface area contributed by atoms with Gasteiger partial charge in [-0.25, -0.2) is 13.6 Å². The van der Waals surface area contributed by atoms with Gasteiger partial charge in [0.1, 0.15) is 12.7 Å². The summed E-state index contributed by atoms with van der Waals surface area (Å²) in [6.07, 6.45) is -3.25. The number of nitrogens with one attached hydrogen (secondary N) is 1. The number of rotatable bonds is 8. The molecule has 1 aliphatic rings. The second-order valence-electron chi connectivity index (χ2n) is 7.12. The van der Waals surface area contributed by atoms with Crippen LogP contribution in [0.25, 0.3) is 0 Å². The average molecular weight is 425 g/mol. The maximum Gasteiger partial charge on any atom is 0.348 e. The molecule has 162 valence electrons. The first-order valence-corrected chi connectivity index (χ1v) is 9.69. The van der Waals surface area contributed by atoms with Gasteiger partial charge in [-0.1, -0.05) is 60.7 Å². The number of carbonyl (C=O) groups excluding carboxylic acids is 1. The van der Waals surface area contributed by atoms with Crippen LogP contribution >= 0.6 is 0 Å². The first kappa shape index (κ1) is 22.2. The third kappa shape index (κ3) is 4.82. The fourth-order valence-electron chi connectivity index (χ4n) is 3.39. The summed E-state index contributed by atoms with van der Waals surface area (Å²) in [6.45, 7) is -0.354. The zero-order valence-corrected chi connectivity index (χ0v) is 16.2. The molecule has 1 fully saturated rings. The van der Waals surface area contributed by atoms with Crippen molar-refractivity contribution in [1.82, 2.24) is 5.32 Å². The number of ether oxygens (including phenoxy) is 2. The Labute approximate surface area is 172 Å². The maximum absolute atomic E-state index is 13.8. The quantitative estimate of drug-likeness (QED) is 0.510. The van der Waals surface area contributed by atoms with Gasteiger partial charge in [0.15, 0.2) is 0 Å². The molecule has 0 bridgehead atoms. The van der Waals surface area contributed by atoms with Crippen LogP contribution in [0.5, 0.6) is 0 Å². The van der Waals surface area contributed by atoms with Crippen LogP contribution in [-0.4, -0.2) is 44.1 Å². The van der Waals surface area contributed by atoms with Crippen LogP contribution in [-0.2, 0) is 19.9 Å². The summed E-state index contributed by atoms with van der Waals surface area (Å²) in [5.41, 5.74) is -1.66. The molecule has 1 saturated heterocycles. The van der Waals surface area contributed by atoms with Crippen molar-refractivity contribution in [3.05, 3.63) is 71.8 Å². The second kappa shape index (κ2) is 9.57. The topological polar surface area (TPSA) is 47.6 Å². The number of alkyl halides is 4. The molecule has 2 aromatic carbocycles. The van der Waals surface area contributed by atoms with Gasteiger partial charge in [0, 0.05) is 0 Å². The van der Waals surface area contributed by atoms with Crippen LogP contribution in [0.15, 0.2) is 60.7 Å². The molecule has 1 heterocycles. The van der Waals surface area contributed by atoms with Gasteiger partial charge in [-0.2, -0.15) is 8.78 Å². The Kier molecular flexibility index (Phi) is 7.10. The van der Waals surface area contributed by atoms with E-state index in [9.17, 15) is 22.4 Å². The number of carbonyl (C=O) groups is 1. The van der Waals surface area contributed by atoms with Crippen molar-refractivity contribution >= 4 is 5.97 Å². The largest absolute Gasteiger partial charge is 0.460 e. The fraction of sp³-hybridized carbons (Fsp3) is 0.409. The van der Waals surface area contributed by atoms with E-state index in [2.05, 4.69) is 5.32 Å². The number of hydrogen-bond acceptors (Lipinski definition) is 4. The highest BCUT2D eigenvalue weighted by Gasteiger charge is 2.50. The Morgan fingerprint density at radius 1 is 0.967 bits per heavy atom. The molecule has 30 heavy (non-hydrogen) atoms. The fourth-order valence-corrected chi connectivity index (χ4v) is 3.39. The van der Waals surface area contributed by atoms with Crippen molar-refractivity contribution in [2.24, 2.45) is 0 Å². The van der Waals surface area contributed by atoms with Gasteiger partial charge in [-0.05, 0) is 37.1 Å². The van der Waals surface area contributed by atoms with E-state index in [4.69, 9.17) is 9.47 Å². The molecule has 2 aromatic rings. The molecule has 8 heteroatoms. The summed E-state index contributed by atoms with van der Waals surface area (Å²) in [4.78, 5) is 13.4. The summed E-state index contributed by atoms with van der Waals surface area (Å²) in [7, 11) is 0. The summed E-state index contributed by atoms with van der Waals surface area (Å²) in [5.74, 6) is -5.33. The van der Waals surface area contributed by atoms with E-state index in [1.807, 2.05) is 0 Å². The van der Waals surface area contributed by atoms with E-state index in [0.29, 0.717) is 25.9 Å². The molecule has 0 saturated carbocycles. The molecule has 1 N–H and O–H groups in total. The number of benzene rings is 2. The van der Waals surface area contributed by atoms with E-state index in [0.717, 1.165) is 0 Å².